The van der Waals surface area contributed by atoms with Gasteiger partial charge in [-0.15, -0.1) is 0 Å². The van der Waals surface area contributed by atoms with E-state index in [1.807, 2.05) is 38.1 Å². The standard InChI is InChI=1S/C16H24N2O2/c1-3-20-13-9-7-12(8-10-13)18-15(19)14-6-4-5-11-16(14,2)17/h7-10,14H,3-6,11,17H2,1-2H3,(H,18,19). The van der Waals surface area contributed by atoms with Gasteiger partial charge in [0.1, 0.15) is 5.75 Å². The first-order valence-corrected chi connectivity index (χ1v) is 7.35. The summed E-state index contributed by atoms with van der Waals surface area (Å²) in [6.45, 7) is 4.56. The molecule has 0 radical (unpaired) electrons. The quantitative estimate of drug-likeness (QED) is 0.888. The minimum Gasteiger partial charge on any atom is -0.494 e. The lowest BCUT2D eigenvalue weighted by Gasteiger charge is -2.37. The summed E-state index contributed by atoms with van der Waals surface area (Å²) >= 11 is 0. The Balaban J connectivity index is 2.00. The lowest BCUT2D eigenvalue weighted by atomic mass is 9.74. The van der Waals surface area contributed by atoms with Crippen LogP contribution >= 0.6 is 0 Å². The Morgan fingerprint density at radius 1 is 1.40 bits per heavy atom. The van der Waals surface area contributed by atoms with Crippen molar-refractivity contribution >= 4 is 11.6 Å². The predicted octanol–water partition coefficient (Wildman–Crippen LogP) is 2.93. The second-order valence-corrected chi connectivity index (χ2v) is 5.75. The number of benzene rings is 1. The number of ether oxygens (including phenoxy) is 1. The molecule has 2 unspecified atom stereocenters. The maximum Gasteiger partial charge on any atom is 0.229 e. The SMILES string of the molecule is CCOc1ccc(NC(=O)C2CCCCC2(C)N)cc1. The number of hydrogen-bond acceptors (Lipinski definition) is 3. The zero-order chi connectivity index (χ0) is 14.6. The summed E-state index contributed by atoms with van der Waals surface area (Å²) < 4.78 is 5.38. The van der Waals surface area contributed by atoms with Crippen LogP contribution in [0.15, 0.2) is 24.3 Å². The van der Waals surface area contributed by atoms with Crippen LogP contribution in [0.3, 0.4) is 0 Å². The molecule has 1 aromatic carbocycles. The number of anilines is 1. The van der Waals surface area contributed by atoms with E-state index in [0.717, 1.165) is 37.1 Å². The van der Waals surface area contributed by atoms with Crippen molar-refractivity contribution in [2.45, 2.75) is 45.1 Å². The van der Waals surface area contributed by atoms with Crippen LogP contribution < -0.4 is 15.8 Å². The van der Waals surface area contributed by atoms with Crippen molar-refractivity contribution in [2.24, 2.45) is 11.7 Å². The Morgan fingerprint density at radius 2 is 2.10 bits per heavy atom. The Morgan fingerprint density at radius 3 is 2.70 bits per heavy atom. The third-order valence-electron chi connectivity index (χ3n) is 4.00. The molecule has 4 nitrogen and oxygen atoms in total. The first-order valence-electron chi connectivity index (χ1n) is 7.35. The van der Waals surface area contributed by atoms with Crippen LogP contribution in [-0.2, 0) is 4.79 Å². The van der Waals surface area contributed by atoms with E-state index in [1.54, 1.807) is 0 Å². The molecule has 4 heteroatoms. The van der Waals surface area contributed by atoms with Crippen LogP contribution in [0, 0.1) is 5.92 Å². The lowest BCUT2D eigenvalue weighted by Crippen LogP contribution is -2.51. The van der Waals surface area contributed by atoms with Crippen molar-refractivity contribution in [3.63, 3.8) is 0 Å². The van der Waals surface area contributed by atoms with Gasteiger partial charge in [0.15, 0.2) is 0 Å². The number of carbonyl (C=O) groups excluding carboxylic acids is 1. The van der Waals surface area contributed by atoms with Crippen molar-refractivity contribution in [1.29, 1.82) is 0 Å². The molecule has 1 aromatic rings. The van der Waals surface area contributed by atoms with E-state index >= 15 is 0 Å². The normalized spacial score (nSPS) is 26.1. The van der Waals surface area contributed by atoms with E-state index in [2.05, 4.69) is 5.32 Å². The maximum absolute atomic E-state index is 12.4. The molecule has 0 spiro atoms. The molecule has 1 saturated carbocycles. The molecule has 110 valence electrons. The van der Waals surface area contributed by atoms with E-state index in [1.165, 1.54) is 0 Å². The Bertz CT molecular complexity index is 454. The van der Waals surface area contributed by atoms with Crippen molar-refractivity contribution in [3.05, 3.63) is 24.3 Å². The number of rotatable bonds is 4. The number of hydrogen-bond donors (Lipinski definition) is 2. The molecular weight excluding hydrogens is 252 g/mol. The average molecular weight is 276 g/mol. The van der Waals surface area contributed by atoms with Crippen LogP contribution in [0.5, 0.6) is 5.75 Å². The van der Waals surface area contributed by atoms with Crippen LogP contribution in [0.2, 0.25) is 0 Å². The van der Waals surface area contributed by atoms with Crippen molar-refractivity contribution in [2.75, 3.05) is 11.9 Å². The van der Waals surface area contributed by atoms with E-state index in [4.69, 9.17) is 10.5 Å². The van der Waals surface area contributed by atoms with E-state index in [-0.39, 0.29) is 11.8 Å². The highest BCUT2D eigenvalue weighted by atomic mass is 16.5. The number of nitrogens with one attached hydrogen (secondary N) is 1. The Kier molecular flexibility index (Phi) is 4.65. The molecule has 0 bridgehead atoms. The van der Waals surface area contributed by atoms with Gasteiger partial charge in [-0.3, -0.25) is 4.79 Å². The van der Waals surface area contributed by atoms with Crippen molar-refractivity contribution in [1.82, 2.24) is 0 Å². The van der Waals surface area contributed by atoms with E-state index < -0.39 is 5.54 Å². The molecule has 1 amide bonds. The molecule has 1 aliphatic carbocycles. The molecule has 1 fully saturated rings. The molecule has 2 atom stereocenters. The largest absolute Gasteiger partial charge is 0.494 e. The van der Waals surface area contributed by atoms with Crippen LogP contribution in [0.25, 0.3) is 0 Å². The summed E-state index contributed by atoms with van der Waals surface area (Å²) in [5, 5.41) is 2.96. The van der Waals surface area contributed by atoms with Crippen molar-refractivity contribution < 1.29 is 9.53 Å². The van der Waals surface area contributed by atoms with Crippen LogP contribution in [-0.4, -0.2) is 18.1 Å². The molecule has 0 aromatic heterocycles. The van der Waals surface area contributed by atoms with Gasteiger partial charge in [0.05, 0.1) is 12.5 Å². The van der Waals surface area contributed by atoms with Crippen LogP contribution in [0.4, 0.5) is 5.69 Å². The van der Waals surface area contributed by atoms with E-state index in [9.17, 15) is 4.79 Å². The third-order valence-corrected chi connectivity index (χ3v) is 4.00. The molecular formula is C16H24N2O2. The summed E-state index contributed by atoms with van der Waals surface area (Å²) in [4.78, 5) is 12.4. The number of amides is 1. The fourth-order valence-electron chi connectivity index (χ4n) is 2.82. The minimum atomic E-state index is -0.395. The fraction of sp³-hybridized carbons (Fsp3) is 0.562. The highest BCUT2D eigenvalue weighted by Crippen LogP contribution is 2.32. The van der Waals surface area contributed by atoms with Gasteiger partial charge in [-0.2, -0.15) is 0 Å². The van der Waals surface area contributed by atoms with Gasteiger partial charge in [-0.05, 0) is 51.0 Å². The van der Waals surface area contributed by atoms with Gasteiger partial charge in [0, 0.05) is 11.2 Å². The fourth-order valence-corrected chi connectivity index (χ4v) is 2.82. The maximum atomic E-state index is 12.4. The molecule has 1 aliphatic rings. The Hall–Kier alpha value is -1.55. The summed E-state index contributed by atoms with van der Waals surface area (Å²) in [5.41, 5.74) is 6.66. The summed E-state index contributed by atoms with van der Waals surface area (Å²) in [6, 6.07) is 7.45. The van der Waals surface area contributed by atoms with Gasteiger partial charge in [0.25, 0.3) is 0 Å². The van der Waals surface area contributed by atoms with Crippen molar-refractivity contribution in [3.8, 4) is 5.75 Å². The first kappa shape index (κ1) is 14.9. The molecule has 0 aliphatic heterocycles. The van der Waals surface area contributed by atoms with E-state index in [0.29, 0.717) is 6.61 Å². The highest BCUT2D eigenvalue weighted by Gasteiger charge is 2.37. The summed E-state index contributed by atoms with van der Waals surface area (Å²) in [6.07, 6.45) is 3.97. The Labute approximate surface area is 120 Å². The smallest absolute Gasteiger partial charge is 0.229 e. The number of carbonyl (C=O) groups is 1. The molecule has 0 saturated heterocycles. The van der Waals surface area contributed by atoms with Gasteiger partial charge >= 0.3 is 0 Å². The molecule has 20 heavy (non-hydrogen) atoms. The lowest BCUT2D eigenvalue weighted by molar-refractivity contribution is -0.122. The van der Waals surface area contributed by atoms with Gasteiger partial charge in [0.2, 0.25) is 5.91 Å². The summed E-state index contributed by atoms with van der Waals surface area (Å²) in [7, 11) is 0. The minimum absolute atomic E-state index is 0.0267. The third kappa shape index (κ3) is 3.51. The second-order valence-electron chi connectivity index (χ2n) is 5.75. The zero-order valence-corrected chi connectivity index (χ0v) is 12.3. The van der Waals surface area contributed by atoms with Crippen LogP contribution in [0.1, 0.15) is 39.5 Å². The first-order chi connectivity index (χ1) is 9.53. The average Bonchev–Trinajstić information content (AvgIpc) is 2.40. The monoisotopic (exact) mass is 276 g/mol. The van der Waals surface area contributed by atoms with Gasteiger partial charge < -0.3 is 15.8 Å². The topological polar surface area (TPSA) is 64.3 Å². The molecule has 0 heterocycles. The summed E-state index contributed by atoms with van der Waals surface area (Å²) in [5.74, 6) is 0.730. The van der Waals surface area contributed by atoms with Gasteiger partial charge in [-0.1, -0.05) is 12.8 Å². The predicted molar refractivity (Wildman–Crippen MR) is 80.8 cm³/mol. The number of nitrogens with two attached hydrogens (primary N) is 1. The zero-order valence-electron chi connectivity index (χ0n) is 12.3. The molecule has 3 N–H and O–H groups in total. The molecule has 2 rings (SSSR count). The van der Waals surface area contributed by atoms with Gasteiger partial charge in [-0.25, -0.2) is 0 Å². The highest BCUT2D eigenvalue weighted by molar-refractivity contribution is 5.93. The second kappa shape index (κ2) is 6.27.